The molecule has 122 valence electrons. The van der Waals surface area contributed by atoms with Crippen LogP contribution >= 0.6 is 0 Å². The lowest BCUT2D eigenvalue weighted by atomic mass is 10.1. The van der Waals surface area contributed by atoms with E-state index in [2.05, 4.69) is 35.3 Å². The lowest BCUT2D eigenvalue weighted by molar-refractivity contribution is 0.878. The zero-order valence-corrected chi connectivity index (χ0v) is 13.9. The highest BCUT2D eigenvalue weighted by atomic mass is 15.3. The molecule has 3 aromatic rings. The molecule has 0 atom stereocenters. The van der Waals surface area contributed by atoms with Crippen LogP contribution in [-0.2, 0) is 6.54 Å². The van der Waals surface area contributed by atoms with Crippen molar-refractivity contribution in [2.45, 2.75) is 20.4 Å². The van der Waals surface area contributed by atoms with Gasteiger partial charge in [0.15, 0.2) is 5.96 Å². The Kier molecular flexibility index (Phi) is 4.61. The largest absolute Gasteiger partial charge is 0.370 e. The molecular formula is C19H21N5. The maximum atomic E-state index is 5.99. The van der Waals surface area contributed by atoms with Crippen molar-refractivity contribution in [3.05, 3.63) is 77.6 Å². The van der Waals surface area contributed by atoms with E-state index in [4.69, 9.17) is 5.73 Å². The van der Waals surface area contributed by atoms with E-state index in [1.165, 1.54) is 11.1 Å². The summed E-state index contributed by atoms with van der Waals surface area (Å²) in [4.78, 5) is 4.40. The van der Waals surface area contributed by atoms with Gasteiger partial charge in [0.25, 0.3) is 0 Å². The fraction of sp³-hybridized carbons (Fsp3) is 0.158. The average Bonchev–Trinajstić information content (AvgIpc) is 3.07. The van der Waals surface area contributed by atoms with Gasteiger partial charge in [-0.05, 0) is 60.9 Å². The van der Waals surface area contributed by atoms with Gasteiger partial charge >= 0.3 is 0 Å². The number of hydrogen-bond donors (Lipinski definition) is 2. The van der Waals surface area contributed by atoms with E-state index in [1.54, 1.807) is 6.20 Å². The molecule has 2 aromatic carbocycles. The second-order valence-electron chi connectivity index (χ2n) is 5.82. The molecule has 0 saturated carbocycles. The van der Waals surface area contributed by atoms with Crippen LogP contribution in [0.5, 0.6) is 0 Å². The Hall–Kier alpha value is -3.08. The predicted molar refractivity (Wildman–Crippen MR) is 98.4 cm³/mol. The van der Waals surface area contributed by atoms with Crippen molar-refractivity contribution in [2.24, 2.45) is 10.7 Å². The SMILES string of the molecule is Cc1cc(C)cc(NC(N)=NCc2ccc(-n3cccn3)cc2)c1. The zero-order chi connectivity index (χ0) is 16.9. The van der Waals surface area contributed by atoms with Crippen molar-refractivity contribution in [3.8, 4) is 5.69 Å². The minimum Gasteiger partial charge on any atom is -0.370 e. The molecule has 0 aliphatic rings. The van der Waals surface area contributed by atoms with Crippen LogP contribution in [0.15, 0.2) is 65.9 Å². The Bertz CT molecular complexity index is 812. The first-order valence-corrected chi connectivity index (χ1v) is 7.84. The number of hydrogen-bond acceptors (Lipinski definition) is 2. The number of guanidine groups is 1. The third-order valence-electron chi connectivity index (χ3n) is 3.63. The summed E-state index contributed by atoms with van der Waals surface area (Å²) in [6.45, 7) is 4.66. The lowest BCUT2D eigenvalue weighted by Crippen LogP contribution is -2.22. The van der Waals surface area contributed by atoms with Crippen LogP contribution < -0.4 is 11.1 Å². The molecule has 5 heteroatoms. The standard InChI is InChI=1S/C19H21N5/c1-14-10-15(2)12-17(11-14)23-19(20)21-13-16-4-6-18(7-5-16)24-9-3-8-22-24/h3-12H,13H2,1-2H3,(H3,20,21,23). The summed E-state index contributed by atoms with van der Waals surface area (Å²) in [5.74, 6) is 0.413. The van der Waals surface area contributed by atoms with Crippen molar-refractivity contribution in [2.75, 3.05) is 5.32 Å². The Morgan fingerprint density at radius 3 is 2.46 bits per heavy atom. The number of aromatic nitrogens is 2. The summed E-state index contributed by atoms with van der Waals surface area (Å²) >= 11 is 0. The third kappa shape index (κ3) is 4.01. The van der Waals surface area contributed by atoms with Crippen molar-refractivity contribution >= 4 is 11.6 Å². The maximum Gasteiger partial charge on any atom is 0.193 e. The summed E-state index contributed by atoms with van der Waals surface area (Å²) < 4.78 is 1.82. The van der Waals surface area contributed by atoms with Gasteiger partial charge < -0.3 is 11.1 Å². The van der Waals surface area contributed by atoms with Crippen LogP contribution in [0.25, 0.3) is 5.69 Å². The molecule has 0 aliphatic carbocycles. The van der Waals surface area contributed by atoms with Crippen LogP contribution in [0.4, 0.5) is 5.69 Å². The van der Waals surface area contributed by atoms with Gasteiger partial charge in [-0.1, -0.05) is 18.2 Å². The van der Waals surface area contributed by atoms with Crippen LogP contribution in [0.1, 0.15) is 16.7 Å². The first-order chi connectivity index (χ1) is 11.6. The van der Waals surface area contributed by atoms with Gasteiger partial charge in [0.1, 0.15) is 0 Å². The van der Waals surface area contributed by atoms with Gasteiger partial charge in [-0.15, -0.1) is 0 Å². The van der Waals surface area contributed by atoms with Crippen LogP contribution in [0.3, 0.4) is 0 Å². The topological polar surface area (TPSA) is 68.2 Å². The second-order valence-corrected chi connectivity index (χ2v) is 5.82. The number of nitrogens with two attached hydrogens (primary N) is 1. The van der Waals surface area contributed by atoms with E-state index in [9.17, 15) is 0 Å². The fourth-order valence-corrected chi connectivity index (χ4v) is 2.59. The van der Waals surface area contributed by atoms with E-state index >= 15 is 0 Å². The molecule has 0 amide bonds. The molecule has 0 radical (unpaired) electrons. The van der Waals surface area contributed by atoms with Gasteiger partial charge in [-0.3, -0.25) is 0 Å². The van der Waals surface area contributed by atoms with Gasteiger partial charge in [0.2, 0.25) is 0 Å². The normalized spacial score (nSPS) is 11.5. The third-order valence-corrected chi connectivity index (χ3v) is 3.63. The van der Waals surface area contributed by atoms with E-state index in [0.29, 0.717) is 12.5 Å². The Morgan fingerprint density at radius 2 is 1.83 bits per heavy atom. The first-order valence-electron chi connectivity index (χ1n) is 7.84. The molecule has 0 aliphatic heterocycles. The van der Waals surface area contributed by atoms with Crippen LogP contribution in [-0.4, -0.2) is 15.7 Å². The van der Waals surface area contributed by atoms with E-state index in [-0.39, 0.29) is 0 Å². The molecule has 1 aromatic heterocycles. The summed E-state index contributed by atoms with van der Waals surface area (Å²) in [6.07, 6.45) is 3.68. The molecule has 3 N–H and O–H groups in total. The van der Waals surface area contributed by atoms with Crippen LogP contribution in [0.2, 0.25) is 0 Å². The number of aryl methyl sites for hydroxylation is 2. The molecule has 1 heterocycles. The zero-order valence-electron chi connectivity index (χ0n) is 13.9. The van der Waals surface area contributed by atoms with Crippen molar-refractivity contribution in [3.63, 3.8) is 0 Å². The Labute approximate surface area is 141 Å². The van der Waals surface area contributed by atoms with Crippen LogP contribution in [0, 0.1) is 13.8 Å². The number of anilines is 1. The number of nitrogens with one attached hydrogen (secondary N) is 1. The number of rotatable bonds is 4. The lowest BCUT2D eigenvalue weighted by Gasteiger charge is -2.08. The molecule has 0 bridgehead atoms. The summed E-state index contributed by atoms with van der Waals surface area (Å²) in [5.41, 5.74) is 11.5. The second kappa shape index (κ2) is 7.00. The van der Waals surface area contributed by atoms with Gasteiger partial charge in [-0.2, -0.15) is 5.10 Å². The minimum atomic E-state index is 0.413. The molecule has 24 heavy (non-hydrogen) atoms. The first kappa shape index (κ1) is 15.8. The Balaban J connectivity index is 1.64. The summed E-state index contributed by atoms with van der Waals surface area (Å²) in [5, 5.41) is 7.35. The maximum absolute atomic E-state index is 5.99. The average molecular weight is 319 g/mol. The smallest absolute Gasteiger partial charge is 0.193 e. The highest BCUT2D eigenvalue weighted by Crippen LogP contribution is 2.14. The fourth-order valence-electron chi connectivity index (χ4n) is 2.59. The van der Waals surface area contributed by atoms with E-state index in [1.807, 2.05) is 53.3 Å². The van der Waals surface area contributed by atoms with Crippen molar-refractivity contribution in [1.82, 2.24) is 9.78 Å². The summed E-state index contributed by atoms with van der Waals surface area (Å²) in [6, 6.07) is 16.2. The number of benzene rings is 2. The predicted octanol–water partition coefficient (Wildman–Crippen LogP) is 3.42. The van der Waals surface area contributed by atoms with E-state index in [0.717, 1.165) is 16.9 Å². The molecule has 5 nitrogen and oxygen atoms in total. The number of nitrogens with zero attached hydrogens (tertiary/aromatic N) is 3. The highest BCUT2D eigenvalue weighted by molar-refractivity contribution is 5.92. The quantitative estimate of drug-likeness (QED) is 0.572. The van der Waals surface area contributed by atoms with Gasteiger partial charge in [-0.25, -0.2) is 9.67 Å². The Morgan fingerprint density at radius 1 is 1.12 bits per heavy atom. The van der Waals surface area contributed by atoms with E-state index < -0.39 is 0 Å². The molecule has 3 rings (SSSR count). The highest BCUT2D eigenvalue weighted by Gasteiger charge is 1.99. The van der Waals surface area contributed by atoms with Crippen molar-refractivity contribution < 1.29 is 0 Å². The molecule has 0 spiro atoms. The minimum absolute atomic E-state index is 0.413. The van der Waals surface area contributed by atoms with Gasteiger partial charge in [0, 0.05) is 18.1 Å². The monoisotopic (exact) mass is 319 g/mol. The molecule has 0 saturated heterocycles. The molecule has 0 fully saturated rings. The molecule has 0 unspecified atom stereocenters. The van der Waals surface area contributed by atoms with Gasteiger partial charge in [0.05, 0.1) is 12.2 Å². The summed E-state index contributed by atoms with van der Waals surface area (Å²) in [7, 11) is 0. The number of aliphatic imine (C=N–C) groups is 1. The van der Waals surface area contributed by atoms with Crippen molar-refractivity contribution in [1.29, 1.82) is 0 Å². The molecular weight excluding hydrogens is 298 g/mol.